The first kappa shape index (κ1) is 14.3. The van der Waals surface area contributed by atoms with Crippen LogP contribution in [0.1, 0.15) is 41.7 Å². The third kappa shape index (κ3) is 3.32. The number of ketones is 1. The van der Waals surface area contributed by atoms with Crippen molar-refractivity contribution < 1.29 is 4.79 Å². The molecular formula is C17H20N2OS. The van der Waals surface area contributed by atoms with Crippen LogP contribution in [-0.2, 0) is 6.42 Å². The lowest BCUT2D eigenvalue weighted by atomic mass is 10.1. The minimum atomic E-state index is 0.135. The molecule has 110 valence electrons. The quantitative estimate of drug-likeness (QED) is 0.784. The Morgan fingerprint density at radius 3 is 2.71 bits per heavy atom. The Kier molecular flexibility index (Phi) is 4.34. The van der Waals surface area contributed by atoms with Crippen LogP contribution < -0.4 is 4.90 Å². The van der Waals surface area contributed by atoms with Crippen LogP contribution in [0, 0.1) is 0 Å². The minimum absolute atomic E-state index is 0.135. The van der Waals surface area contributed by atoms with E-state index in [1.807, 2.05) is 35.7 Å². The van der Waals surface area contributed by atoms with Crippen LogP contribution >= 0.6 is 11.3 Å². The molecule has 21 heavy (non-hydrogen) atoms. The topological polar surface area (TPSA) is 33.2 Å². The zero-order chi connectivity index (χ0) is 14.7. The minimum Gasteiger partial charge on any atom is -0.348 e. The molecule has 0 atom stereocenters. The number of hydrogen-bond acceptors (Lipinski definition) is 4. The van der Waals surface area contributed by atoms with Crippen molar-refractivity contribution in [2.24, 2.45) is 0 Å². The van der Waals surface area contributed by atoms with Crippen LogP contribution in [0.3, 0.4) is 0 Å². The van der Waals surface area contributed by atoms with Crippen LogP contribution in [0.25, 0.3) is 0 Å². The van der Waals surface area contributed by atoms with E-state index in [2.05, 4.69) is 16.9 Å². The van der Waals surface area contributed by atoms with Crippen LogP contribution in [0.2, 0.25) is 0 Å². The predicted octanol–water partition coefficient (Wildman–Crippen LogP) is 3.95. The van der Waals surface area contributed by atoms with Gasteiger partial charge >= 0.3 is 0 Å². The molecule has 0 bridgehead atoms. The maximum absolute atomic E-state index is 12.2. The monoisotopic (exact) mass is 300 g/mol. The largest absolute Gasteiger partial charge is 0.348 e. The van der Waals surface area contributed by atoms with Gasteiger partial charge in [0.15, 0.2) is 10.9 Å². The van der Waals surface area contributed by atoms with Gasteiger partial charge in [0.05, 0.1) is 12.1 Å². The molecule has 2 aromatic rings. The normalized spacial score (nSPS) is 15.3. The van der Waals surface area contributed by atoms with Crippen LogP contribution in [-0.4, -0.2) is 23.9 Å². The van der Waals surface area contributed by atoms with Gasteiger partial charge in [-0.3, -0.25) is 4.79 Å². The van der Waals surface area contributed by atoms with E-state index in [4.69, 9.17) is 0 Å². The van der Waals surface area contributed by atoms with E-state index in [1.54, 1.807) is 11.3 Å². The van der Waals surface area contributed by atoms with E-state index < -0.39 is 0 Å². The lowest BCUT2D eigenvalue weighted by Crippen LogP contribution is -2.28. The first-order chi connectivity index (χ1) is 10.2. The van der Waals surface area contributed by atoms with Crippen molar-refractivity contribution in [3.05, 3.63) is 47.0 Å². The molecule has 0 unspecified atom stereocenters. The lowest BCUT2D eigenvalue weighted by Gasteiger charge is -2.23. The Balaban J connectivity index is 1.66. The molecule has 3 nitrogen and oxygen atoms in total. The lowest BCUT2D eigenvalue weighted by molar-refractivity contribution is 0.0992. The molecule has 0 radical (unpaired) electrons. The number of aromatic nitrogens is 1. The highest BCUT2D eigenvalue weighted by Crippen LogP contribution is 2.29. The summed E-state index contributed by atoms with van der Waals surface area (Å²) >= 11 is 1.64. The number of benzene rings is 1. The summed E-state index contributed by atoms with van der Waals surface area (Å²) in [6, 6.07) is 10.1. The van der Waals surface area contributed by atoms with Gasteiger partial charge in [-0.1, -0.05) is 43.2 Å². The number of thiazole rings is 1. The van der Waals surface area contributed by atoms with Gasteiger partial charge in [-0.25, -0.2) is 4.98 Å². The standard InChI is InChI=1S/C17H20N2OS/c1-19(15-9-5-6-10-15)17-18-14(12-21-17)11-16(20)13-7-3-2-4-8-13/h2-4,7-8,12,15H,5-6,9-11H2,1H3. The molecular weight excluding hydrogens is 280 g/mol. The highest BCUT2D eigenvalue weighted by molar-refractivity contribution is 7.13. The number of carbonyl (C=O) groups is 1. The van der Waals surface area contributed by atoms with Crippen molar-refractivity contribution >= 4 is 22.3 Å². The number of Topliss-reactive ketones (excluding diaryl/α,β-unsaturated/α-hetero) is 1. The summed E-state index contributed by atoms with van der Waals surface area (Å²) in [5.74, 6) is 0.135. The Morgan fingerprint density at radius 2 is 2.00 bits per heavy atom. The van der Waals surface area contributed by atoms with Gasteiger partial charge < -0.3 is 4.90 Å². The maximum atomic E-state index is 12.2. The highest BCUT2D eigenvalue weighted by atomic mass is 32.1. The molecule has 1 aliphatic carbocycles. The van der Waals surface area contributed by atoms with Crippen molar-refractivity contribution in [3.8, 4) is 0 Å². The molecule has 0 spiro atoms. The van der Waals surface area contributed by atoms with Gasteiger partial charge in [0.2, 0.25) is 0 Å². The van der Waals surface area contributed by atoms with Crippen molar-refractivity contribution in [2.45, 2.75) is 38.1 Å². The third-order valence-electron chi connectivity index (χ3n) is 4.15. The van der Waals surface area contributed by atoms with Crippen LogP contribution in [0.4, 0.5) is 5.13 Å². The Morgan fingerprint density at radius 1 is 1.29 bits per heavy atom. The molecule has 0 aliphatic heterocycles. The second-order valence-electron chi connectivity index (χ2n) is 5.64. The van der Waals surface area contributed by atoms with Crippen molar-refractivity contribution in [1.29, 1.82) is 0 Å². The number of anilines is 1. The fourth-order valence-corrected chi connectivity index (χ4v) is 3.74. The molecule has 1 aliphatic rings. The van der Waals surface area contributed by atoms with Crippen LogP contribution in [0.15, 0.2) is 35.7 Å². The zero-order valence-corrected chi connectivity index (χ0v) is 13.1. The molecule has 3 rings (SSSR count). The summed E-state index contributed by atoms with van der Waals surface area (Å²) in [5.41, 5.74) is 1.64. The summed E-state index contributed by atoms with van der Waals surface area (Å²) in [6.45, 7) is 0. The molecule has 1 aromatic heterocycles. The first-order valence-electron chi connectivity index (χ1n) is 7.49. The highest BCUT2D eigenvalue weighted by Gasteiger charge is 2.22. The molecule has 4 heteroatoms. The second kappa shape index (κ2) is 6.39. The van der Waals surface area contributed by atoms with Gasteiger partial charge in [-0.2, -0.15) is 0 Å². The maximum Gasteiger partial charge on any atom is 0.185 e. The molecule has 0 saturated heterocycles. The molecule has 1 saturated carbocycles. The van der Waals surface area contributed by atoms with E-state index in [9.17, 15) is 4.79 Å². The van der Waals surface area contributed by atoms with Crippen molar-refractivity contribution in [1.82, 2.24) is 4.98 Å². The van der Waals surface area contributed by atoms with Crippen molar-refractivity contribution in [3.63, 3.8) is 0 Å². The smallest absolute Gasteiger partial charge is 0.185 e. The molecule has 0 amide bonds. The van der Waals surface area contributed by atoms with E-state index in [0.29, 0.717) is 12.5 Å². The average molecular weight is 300 g/mol. The number of hydrogen-bond donors (Lipinski definition) is 0. The number of rotatable bonds is 5. The second-order valence-corrected chi connectivity index (χ2v) is 6.47. The van der Waals surface area contributed by atoms with E-state index in [-0.39, 0.29) is 5.78 Å². The fraction of sp³-hybridized carbons (Fsp3) is 0.412. The van der Waals surface area contributed by atoms with Gasteiger partial charge in [-0.15, -0.1) is 11.3 Å². The Labute approximate surface area is 129 Å². The molecule has 1 heterocycles. The summed E-state index contributed by atoms with van der Waals surface area (Å²) < 4.78 is 0. The summed E-state index contributed by atoms with van der Waals surface area (Å²) in [4.78, 5) is 19.1. The zero-order valence-electron chi connectivity index (χ0n) is 12.3. The average Bonchev–Trinajstić information content (AvgIpc) is 3.19. The van der Waals surface area contributed by atoms with Gasteiger partial charge in [0.25, 0.3) is 0 Å². The first-order valence-corrected chi connectivity index (χ1v) is 8.37. The fourth-order valence-electron chi connectivity index (χ4n) is 2.88. The summed E-state index contributed by atoms with van der Waals surface area (Å²) in [6.07, 6.45) is 5.54. The molecule has 1 fully saturated rings. The molecule has 0 N–H and O–H groups in total. The van der Waals surface area contributed by atoms with E-state index in [1.165, 1.54) is 25.7 Å². The predicted molar refractivity (Wildman–Crippen MR) is 87.2 cm³/mol. The summed E-state index contributed by atoms with van der Waals surface area (Å²) in [7, 11) is 2.12. The number of nitrogens with zero attached hydrogens (tertiary/aromatic N) is 2. The Bertz CT molecular complexity index is 602. The van der Waals surface area contributed by atoms with Gasteiger partial charge in [0, 0.05) is 24.0 Å². The van der Waals surface area contributed by atoms with Gasteiger partial charge in [-0.05, 0) is 12.8 Å². The van der Waals surface area contributed by atoms with Crippen LogP contribution in [0.5, 0.6) is 0 Å². The summed E-state index contributed by atoms with van der Waals surface area (Å²) in [5, 5.41) is 3.06. The number of carbonyl (C=O) groups excluding carboxylic acids is 1. The van der Waals surface area contributed by atoms with E-state index >= 15 is 0 Å². The molecule has 1 aromatic carbocycles. The SMILES string of the molecule is CN(c1nc(CC(=O)c2ccccc2)cs1)C1CCCC1. The Hall–Kier alpha value is -1.68. The van der Waals surface area contributed by atoms with E-state index in [0.717, 1.165) is 16.4 Å². The van der Waals surface area contributed by atoms with Gasteiger partial charge in [0.1, 0.15) is 0 Å². The van der Waals surface area contributed by atoms with Crippen molar-refractivity contribution in [2.75, 3.05) is 11.9 Å². The third-order valence-corrected chi connectivity index (χ3v) is 5.13.